The van der Waals surface area contributed by atoms with Crippen molar-refractivity contribution in [2.45, 2.75) is 34.6 Å². The second kappa shape index (κ2) is 6.19. The molecule has 0 N–H and O–H groups in total. The van der Waals surface area contributed by atoms with Gasteiger partial charge in [-0.15, -0.1) is 0 Å². The topological polar surface area (TPSA) is 0 Å². The predicted octanol–water partition coefficient (Wildman–Crippen LogP) is 4.69. The quantitative estimate of drug-likeness (QED) is 0.591. The van der Waals surface area contributed by atoms with Gasteiger partial charge < -0.3 is 0 Å². The molecule has 0 spiro atoms. The van der Waals surface area contributed by atoms with Gasteiger partial charge in [-0.1, -0.05) is 18.1 Å². The normalized spacial score (nSPS) is 17.5. The van der Waals surface area contributed by atoms with Crippen LogP contribution < -0.4 is 0 Å². The van der Waals surface area contributed by atoms with E-state index in [1.54, 1.807) is 11.1 Å². The van der Waals surface area contributed by atoms with Crippen molar-refractivity contribution in [3.63, 3.8) is 0 Å². The zero-order chi connectivity index (χ0) is 10.6. The van der Waals surface area contributed by atoms with E-state index in [2.05, 4.69) is 34.6 Å². The van der Waals surface area contributed by atoms with Crippen LogP contribution >= 0.6 is 19.7 Å². The molecule has 0 unspecified atom stereocenters. The minimum atomic E-state index is -0.368. The second-order valence-electron chi connectivity index (χ2n) is 3.40. The van der Waals surface area contributed by atoms with Crippen molar-refractivity contribution < 1.29 is 14.4 Å². The molecule has 3 heteroatoms. The molecule has 0 fully saturated rings. The summed E-state index contributed by atoms with van der Waals surface area (Å²) in [5, 5.41) is 0. The standard InChI is InChI=1S/C10H16.2ClH.V/c1-6-7(2)9(4)10(5)8(6)3;;;/h6H,1-5H3;2*1H;/q;;;+2/p-2. The van der Waals surface area contributed by atoms with Crippen molar-refractivity contribution in [3.05, 3.63) is 22.3 Å². The fourth-order valence-corrected chi connectivity index (χ4v) is 1.57. The van der Waals surface area contributed by atoms with Crippen LogP contribution in [-0.2, 0) is 14.4 Å². The van der Waals surface area contributed by atoms with E-state index in [0.717, 1.165) is 0 Å². The van der Waals surface area contributed by atoms with Crippen LogP contribution in [0.25, 0.3) is 0 Å². The molecule has 1 rings (SSSR count). The maximum atomic E-state index is 4.86. The van der Waals surface area contributed by atoms with Gasteiger partial charge in [-0.2, -0.15) is 0 Å². The summed E-state index contributed by atoms with van der Waals surface area (Å²) >= 11 is -0.368. The molecule has 0 saturated carbocycles. The van der Waals surface area contributed by atoms with E-state index in [-0.39, 0.29) is 14.4 Å². The van der Waals surface area contributed by atoms with E-state index in [4.69, 9.17) is 19.7 Å². The van der Waals surface area contributed by atoms with Crippen LogP contribution in [0.1, 0.15) is 34.6 Å². The molecule has 0 aromatic heterocycles. The first-order valence-electron chi connectivity index (χ1n) is 4.24. The van der Waals surface area contributed by atoms with E-state index in [1.165, 1.54) is 11.1 Å². The predicted molar refractivity (Wildman–Crippen MR) is 57.6 cm³/mol. The Labute approximate surface area is 96.7 Å². The molecular formula is C10H16Cl2V. The SMILES string of the molecule is CC1=C(C)C(C)C(C)=C1C.[Cl][V][Cl]. The van der Waals surface area contributed by atoms with Gasteiger partial charge in [0.1, 0.15) is 0 Å². The van der Waals surface area contributed by atoms with E-state index < -0.39 is 0 Å². The Bertz CT molecular complexity index is 217. The molecule has 0 aromatic rings. The second-order valence-corrected chi connectivity index (χ2v) is 5.71. The van der Waals surface area contributed by atoms with Gasteiger partial charge in [0.15, 0.2) is 0 Å². The first kappa shape index (κ1) is 13.6. The Morgan fingerprint density at radius 3 is 1.23 bits per heavy atom. The molecule has 0 bridgehead atoms. The van der Waals surface area contributed by atoms with Crippen molar-refractivity contribution in [3.8, 4) is 0 Å². The monoisotopic (exact) mass is 257 g/mol. The third-order valence-corrected chi connectivity index (χ3v) is 3.04. The van der Waals surface area contributed by atoms with Gasteiger partial charge in [-0.05, 0) is 44.8 Å². The third kappa shape index (κ3) is 3.36. The summed E-state index contributed by atoms with van der Waals surface area (Å²) in [5.74, 6) is 0.694. The molecule has 0 amide bonds. The van der Waals surface area contributed by atoms with Gasteiger partial charge >= 0.3 is 34.1 Å². The molecule has 0 nitrogen and oxygen atoms in total. The van der Waals surface area contributed by atoms with Crippen LogP contribution in [0.4, 0.5) is 0 Å². The third-order valence-electron chi connectivity index (χ3n) is 3.04. The molecule has 0 saturated heterocycles. The van der Waals surface area contributed by atoms with Crippen LogP contribution in [0.2, 0.25) is 0 Å². The molecule has 0 atom stereocenters. The van der Waals surface area contributed by atoms with Crippen LogP contribution in [-0.4, -0.2) is 0 Å². The van der Waals surface area contributed by atoms with E-state index in [0.29, 0.717) is 5.92 Å². The van der Waals surface area contributed by atoms with Gasteiger partial charge in [0.05, 0.1) is 0 Å². The first-order chi connectivity index (χ1) is 5.97. The van der Waals surface area contributed by atoms with Crippen molar-refractivity contribution >= 4 is 19.7 Å². The molecule has 0 radical (unpaired) electrons. The van der Waals surface area contributed by atoms with Gasteiger partial charge in [-0.25, -0.2) is 0 Å². The fraction of sp³-hybridized carbons (Fsp3) is 0.600. The molecule has 0 aromatic carbocycles. The average molecular weight is 258 g/mol. The zero-order valence-electron chi connectivity index (χ0n) is 8.78. The summed E-state index contributed by atoms with van der Waals surface area (Å²) in [6, 6.07) is 0. The summed E-state index contributed by atoms with van der Waals surface area (Å²) in [6.07, 6.45) is 0. The Balaban J connectivity index is 0.000000424. The van der Waals surface area contributed by atoms with Crippen LogP contribution in [0.15, 0.2) is 22.3 Å². The minimum absolute atomic E-state index is 0.368. The summed E-state index contributed by atoms with van der Waals surface area (Å²) in [5.41, 5.74) is 6.11. The van der Waals surface area contributed by atoms with Crippen molar-refractivity contribution in [2.75, 3.05) is 0 Å². The first-order valence-corrected chi connectivity index (χ1v) is 8.09. The summed E-state index contributed by atoms with van der Waals surface area (Å²) in [6.45, 7) is 11.2. The van der Waals surface area contributed by atoms with E-state index >= 15 is 0 Å². The summed E-state index contributed by atoms with van der Waals surface area (Å²) in [4.78, 5) is 0. The van der Waals surface area contributed by atoms with Crippen molar-refractivity contribution in [1.29, 1.82) is 0 Å². The van der Waals surface area contributed by atoms with Gasteiger partial charge in [0.2, 0.25) is 0 Å². The van der Waals surface area contributed by atoms with Gasteiger partial charge in [-0.3, -0.25) is 0 Å². The average Bonchev–Trinajstić information content (AvgIpc) is 2.25. The number of allylic oxidation sites excluding steroid dienone is 4. The molecular weight excluding hydrogens is 242 g/mol. The van der Waals surface area contributed by atoms with Gasteiger partial charge in [0, 0.05) is 0 Å². The van der Waals surface area contributed by atoms with Gasteiger partial charge in [0.25, 0.3) is 0 Å². The number of hydrogen-bond acceptors (Lipinski definition) is 0. The zero-order valence-corrected chi connectivity index (χ0v) is 11.7. The van der Waals surface area contributed by atoms with E-state index in [1.807, 2.05) is 0 Å². The fourth-order valence-electron chi connectivity index (χ4n) is 1.57. The number of hydrogen-bond donors (Lipinski definition) is 0. The molecule has 1 aliphatic carbocycles. The van der Waals surface area contributed by atoms with Crippen LogP contribution in [0, 0.1) is 5.92 Å². The van der Waals surface area contributed by atoms with Crippen LogP contribution in [0.5, 0.6) is 0 Å². The van der Waals surface area contributed by atoms with Crippen LogP contribution in [0.3, 0.4) is 0 Å². The molecule has 13 heavy (non-hydrogen) atoms. The Hall–Kier alpha value is 0.644. The Kier molecular flexibility index (Phi) is 6.50. The molecule has 0 aliphatic heterocycles. The van der Waals surface area contributed by atoms with E-state index in [9.17, 15) is 0 Å². The summed E-state index contributed by atoms with van der Waals surface area (Å²) < 4.78 is 0. The Morgan fingerprint density at radius 1 is 0.923 bits per heavy atom. The van der Waals surface area contributed by atoms with Crippen molar-refractivity contribution in [1.82, 2.24) is 0 Å². The summed E-state index contributed by atoms with van der Waals surface area (Å²) in [7, 11) is 9.72. The number of halogens is 2. The number of rotatable bonds is 0. The maximum absolute atomic E-state index is 4.86. The molecule has 75 valence electrons. The van der Waals surface area contributed by atoms with Crippen molar-refractivity contribution in [2.24, 2.45) is 5.92 Å². The molecule has 0 heterocycles. The molecule has 1 aliphatic rings. The Morgan fingerprint density at radius 2 is 1.15 bits per heavy atom.